The molecule has 6 heteroatoms. The summed E-state index contributed by atoms with van der Waals surface area (Å²) in [5, 5.41) is 0.623. The quantitative estimate of drug-likeness (QED) is 0.720. The Balaban J connectivity index is 1.84. The highest BCUT2D eigenvalue weighted by molar-refractivity contribution is 6.41. The molecule has 2 aliphatic rings. The molecule has 1 unspecified atom stereocenters. The molecule has 1 aliphatic carbocycles. The van der Waals surface area contributed by atoms with Crippen molar-refractivity contribution in [3.8, 4) is 11.1 Å². The Hall–Kier alpha value is -2.24. The average molecular weight is 425 g/mol. The summed E-state index contributed by atoms with van der Waals surface area (Å²) in [6, 6.07) is 8.47. The fourth-order valence-corrected chi connectivity index (χ4v) is 4.98. The molecule has 1 saturated carbocycles. The van der Waals surface area contributed by atoms with Crippen molar-refractivity contribution in [1.29, 1.82) is 0 Å². The van der Waals surface area contributed by atoms with Gasteiger partial charge in [0, 0.05) is 36.5 Å². The Morgan fingerprint density at radius 3 is 2.47 bits per heavy atom. The normalized spacial score (nSPS) is 26.4. The summed E-state index contributed by atoms with van der Waals surface area (Å²) >= 11 is 6.20. The number of amidine groups is 1. The van der Waals surface area contributed by atoms with E-state index < -0.39 is 5.66 Å². The number of hydrogen-bond donors (Lipinski definition) is 1. The summed E-state index contributed by atoms with van der Waals surface area (Å²) in [5.74, 6) is 0.832. The van der Waals surface area contributed by atoms with E-state index >= 15 is 0 Å². The third-order valence-electron chi connectivity index (χ3n) is 6.50. The van der Waals surface area contributed by atoms with Gasteiger partial charge in [0.1, 0.15) is 5.84 Å². The maximum atomic E-state index is 6.28. The third-order valence-corrected chi connectivity index (χ3v) is 6.71. The molecule has 2 N–H and O–H groups in total. The summed E-state index contributed by atoms with van der Waals surface area (Å²) < 4.78 is 5.60. The molecule has 1 aliphatic heterocycles. The van der Waals surface area contributed by atoms with Crippen molar-refractivity contribution < 1.29 is 4.74 Å². The van der Waals surface area contributed by atoms with Crippen molar-refractivity contribution in [1.82, 2.24) is 4.98 Å². The Morgan fingerprint density at radius 2 is 1.87 bits per heavy atom. The zero-order chi connectivity index (χ0) is 21.3. The fraction of sp³-hybridized carbons (Fsp3) is 0.458. The summed E-state index contributed by atoms with van der Waals surface area (Å²) in [6.45, 7) is 4.13. The SMILES string of the molecule is CCc1ccc(-c2cncc(Cl)c2)cc1C1(C2CCC(OC)CC2)N=C(C)C(N)=N1. The summed E-state index contributed by atoms with van der Waals surface area (Å²) in [6.07, 6.45) is 8.78. The maximum Gasteiger partial charge on any atom is 0.181 e. The van der Waals surface area contributed by atoms with Crippen molar-refractivity contribution in [2.24, 2.45) is 21.6 Å². The number of pyridine rings is 1. The number of benzene rings is 1. The van der Waals surface area contributed by atoms with Gasteiger partial charge in [0.25, 0.3) is 0 Å². The van der Waals surface area contributed by atoms with Crippen molar-refractivity contribution in [2.45, 2.75) is 57.7 Å². The molecule has 1 aromatic carbocycles. The van der Waals surface area contributed by atoms with Gasteiger partial charge >= 0.3 is 0 Å². The molecule has 158 valence electrons. The predicted molar refractivity (Wildman–Crippen MR) is 123 cm³/mol. The van der Waals surface area contributed by atoms with Gasteiger partial charge in [-0.1, -0.05) is 30.7 Å². The molecule has 2 aromatic rings. The van der Waals surface area contributed by atoms with Gasteiger partial charge in [0.05, 0.1) is 16.8 Å². The number of aryl methyl sites for hydroxylation is 1. The van der Waals surface area contributed by atoms with Crippen molar-refractivity contribution in [2.75, 3.05) is 7.11 Å². The number of halogens is 1. The van der Waals surface area contributed by atoms with Crippen molar-refractivity contribution in [3.05, 3.63) is 52.8 Å². The van der Waals surface area contributed by atoms with Crippen LogP contribution in [0.4, 0.5) is 0 Å². The van der Waals surface area contributed by atoms with Crippen LogP contribution >= 0.6 is 11.6 Å². The van der Waals surface area contributed by atoms with Gasteiger partial charge in [-0.05, 0) is 62.3 Å². The van der Waals surface area contributed by atoms with E-state index in [1.54, 1.807) is 13.3 Å². The molecule has 1 aromatic heterocycles. The lowest BCUT2D eigenvalue weighted by Crippen LogP contribution is -2.36. The lowest BCUT2D eigenvalue weighted by molar-refractivity contribution is 0.0425. The van der Waals surface area contributed by atoms with Crippen LogP contribution in [0, 0.1) is 5.92 Å². The highest BCUT2D eigenvalue weighted by atomic mass is 35.5. The molecule has 0 bridgehead atoms. The third kappa shape index (κ3) is 3.77. The van der Waals surface area contributed by atoms with E-state index in [0.29, 0.717) is 17.0 Å². The Morgan fingerprint density at radius 1 is 1.10 bits per heavy atom. The Bertz CT molecular complexity index is 974. The van der Waals surface area contributed by atoms with Crippen LogP contribution in [0.15, 0.2) is 46.6 Å². The minimum absolute atomic E-state index is 0.290. The van der Waals surface area contributed by atoms with Gasteiger partial charge in [-0.2, -0.15) is 0 Å². The van der Waals surface area contributed by atoms with E-state index in [-0.39, 0.29) is 5.92 Å². The van der Waals surface area contributed by atoms with E-state index in [2.05, 4.69) is 30.1 Å². The van der Waals surface area contributed by atoms with E-state index in [4.69, 9.17) is 32.1 Å². The van der Waals surface area contributed by atoms with Crippen LogP contribution < -0.4 is 5.73 Å². The van der Waals surface area contributed by atoms with Crippen LogP contribution in [-0.4, -0.2) is 29.7 Å². The number of aliphatic imine (C=N–C) groups is 2. The first-order valence-corrected chi connectivity index (χ1v) is 11.0. The van der Waals surface area contributed by atoms with Gasteiger partial charge in [-0.3, -0.25) is 9.98 Å². The minimum atomic E-state index is -0.666. The van der Waals surface area contributed by atoms with Crippen LogP contribution in [0.3, 0.4) is 0 Å². The van der Waals surface area contributed by atoms with Gasteiger partial charge < -0.3 is 10.5 Å². The molecule has 5 nitrogen and oxygen atoms in total. The van der Waals surface area contributed by atoms with Crippen molar-refractivity contribution >= 4 is 23.1 Å². The molecular formula is C24H29ClN4O. The zero-order valence-electron chi connectivity index (χ0n) is 17.9. The van der Waals surface area contributed by atoms with Crippen LogP contribution in [-0.2, 0) is 16.8 Å². The first-order chi connectivity index (χ1) is 14.5. The predicted octanol–water partition coefficient (Wildman–Crippen LogP) is 5.15. The molecule has 1 fully saturated rings. The highest BCUT2D eigenvalue weighted by Crippen LogP contribution is 2.47. The molecule has 0 saturated heterocycles. The standard InChI is InChI=1S/C24H29ClN4O/c1-4-16-5-6-17(18-11-20(25)14-27-13-18)12-22(16)24(28-15(2)23(26)29-24)19-7-9-21(30-3)10-8-19/h5-6,11-14,19,21H,4,7-10H2,1-3H3,(H2,26,29). The summed E-state index contributed by atoms with van der Waals surface area (Å²) in [7, 11) is 1.80. The first-order valence-electron chi connectivity index (χ1n) is 10.7. The molecule has 0 amide bonds. The highest BCUT2D eigenvalue weighted by Gasteiger charge is 2.46. The van der Waals surface area contributed by atoms with Crippen LogP contribution in [0.5, 0.6) is 0 Å². The van der Waals surface area contributed by atoms with Crippen LogP contribution in [0.1, 0.15) is 50.7 Å². The average Bonchev–Trinajstić information content (AvgIpc) is 3.08. The molecule has 4 rings (SSSR count). The number of methoxy groups -OCH3 is 1. The molecule has 0 spiro atoms. The largest absolute Gasteiger partial charge is 0.382 e. The number of nitrogens with zero attached hydrogens (tertiary/aromatic N) is 3. The van der Waals surface area contributed by atoms with Gasteiger partial charge in [0.2, 0.25) is 0 Å². The molecule has 30 heavy (non-hydrogen) atoms. The van der Waals surface area contributed by atoms with Crippen LogP contribution in [0.25, 0.3) is 11.1 Å². The summed E-state index contributed by atoms with van der Waals surface area (Å²) in [4.78, 5) is 14.4. The lowest BCUT2D eigenvalue weighted by Gasteiger charge is -2.38. The molecule has 0 radical (unpaired) electrons. The van der Waals surface area contributed by atoms with E-state index in [1.807, 2.05) is 19.2 Å². The minimum Gasteiger partial charge on any atom is -0.382 e. The second kappa shape index (κ2) is 8.48. The lowest BCUT2D eigenvalue weighted by atomic mass is 9.74. The first kappa shape index (κ1) is 21.0. The number of ether oxygens (including phenoxy) is 1. The molecule has 1 atom stereocenters. The van der Waals surface area contributed by atoms with Crippen LogP contribution in [0.2, 0.25) is 5.02 Å². The van der Waals surface area contributed by atoms with E-state index in [1.165, 1.54) is 5.56 Å². The van der Waals surface area contributed by atoms with E-state index in [9.17, 15) is 0 Å². The van der Waals surface area contributed by atoms with Crippen molar-refractivity contribution in [3.63, 3.8) is 0 Å². The zero-order valence-corrected chi connectivity index (χ0v) is 18.6. The summed E-state index contributed by atoms with van der Waals surface area (Å²) in [5.41, 5.74) is 10.9. The number of hydrogen-bond acceptors (Lipinski definition) is 5. The second-order valence-corrected chi connectivity index (χ2v) is 8.68. The van der Waals surface area contributed by atoms with Gasteiger partial charge in [-0.25, -0.2) is 4.99 Å². The maximum absolute atomic E-state index is 6.28. The monoisotopic (exact) mass is 424 g/mol. The Kier molecular flexibility index (Phi) is 5.94. The number of rotatable bonds is 5. The number of aromatic nitrogens is 1. The Labute approximate surface area is 183 Å². The van der Waals surface area contributed by atoms with Gasteiger partial charge in [-0.15, -0.1) is 0 Å². The fourth-order valence-electron chi connectivity index (χ4n) is 4.80. The number of nitrogens with two attached hydrogens (primary N) is 1. The molecular weight excluding hydrogens is 396 g/mol. The second-order valence-electron chi connectivity index (χ2n) is 8.25. The molecule has 2 heterocycles. The van der Waals surface area contributed by atoms with E-state index in [0.717, 1.165) is 54.5 Å². The smallest absolute Gasteiger partial charge is 0.181 e. The van der Waals surface area contributed by atoms with Gasteiger partial charge in [0.15, 0.2) is 5.66 Å². The topological polar surface area (TPSA) is 72.9 Å².